The van der Waals surface area contributed by atoms with E-state index in [9.17, 15) is 18.0 Å². The van der Waals surface area contributed by atoms with Crippen LogP contribution in [0.5, 0.6) is 0 Å². The van der Waals surface area contributed by atoms with E-state index < -0.39 is 17.3 Å². The molecule has 1 aromatic rings. The van der Waals surface area contributed by atoms with Crippen LogP contribution in [0.3, 0.4) is 0 Å². The van der Waals surface area contributed by atoms with E-state index in [1.54, 1.807) is 25.7 Å². The van der Waals surface area contributed by atoms with Gasteiger partial charge in [-0.3, -0.25) is 0 Å². The Balaban J connectivity index is 0.00000163. The van der Waals surface area contributed by atoms with Gasteiger partial charge in [0.2, 0.25) is 0 Å². The second-order valence-electron chi connectivity index (χ2n) is 6.84. The van der Waals surface area contributed by atoms with E-state index >= 15 is 0 Å². The highest BCUT2D eigenvalue weighted by Gasteiger charge is 2.31. The van der Waals surface area contributed by atoms with Crippen LogP contribution in [0.25, 0.3) is 0 Å². The molecule has 1 aliphatic heterocycles. The Morgan fingerprint density at radius 2 is 1.73 bits per heavy atom. The Labute approximate surface area is 153 Å². The fourth-order valence-corrected chi connectivity index (χ4v) is 2.36. The maximum Gasteiger partial charge on any atom is 0.416 e. The summed E-state index contributed by atoms with van der Waals surface area (Å²) in [4.78, 5) is 13.5. The molecule has 0 N–H and O–H groups in total. The topological polar surface area (TPSA) is 38.8 Å². The molecule has 1 heterocycles. The number of hydrogen-bond donors (Lipinski definition) is 0. The summed E-state index contributed by atoms with van der Waals surface area (Å²) in [6, 6.07) is 4.90. The molecule has 0 bridgehead atoms. The fraction of sp³-hybridized carbons (Fsp3) is 0.632. The van der Waals surface area contributed by atoms with Crippen molar-refractivity contribution in [2.75, 3.05) is 13.1 Å². The van der Waals surface area contributed by atoms with Crippen LogP contribution in [-0.4, -0.2) is 35.8 Å². The number of alkyl halides is 3. The summed E-state index contributed by atoms with van der Waals surface area (Å²) in [5.41, 5.74) is -0.557. The Kier molecular flexibility index (Phi) is 7.93. The van der Waals surface area contributed by atoms with E-state index in [2.05, 4.69) is 0 Å². The number of carbonyl (C=O) groups excluding carboxylic acids is 1. The lowest BCUT2D eigenvalue weighted by Crippen LogP contribution is -2.36. The zero-order valence-corrected chi connectivity index (χ0v) is 16.0. The third kappa shape index (κ3) is 7.23. The average molecular weight is 375 g/mol. The van der Waals surface area contributed by atoms with Gasteiger partial charge in [-0.15, -0.1) is 0 Å². The second-order valence-corrected chi connectivity index (χ2v) is 6.84. The molecule has 0 aliphatic carbocycles. The molecule has 148 valence electrons. The van der Waals surface area contributed by atoms with Crippen molar-refractivity contribution in [1.82, 2.24) is 4.90 Å². The van der Waals surface area contributed by atoms with Crippen molar-refractivity contribution < 1.29 is 27.4 Å². The molecule has 0 spiro atoms. The Bertz CT molecular complexity index is 565. The largest absolute Gasteiger partial charge is 0.444 e. The van der Waals surface area contributed by atoms with Gasteiger partial charge in [0, 0.05) is 6.54 Å². The zero-order chi connectivity index (χ0) is 20.0. The third-order valence-corrected chi connectivity index (χ3v) is 3.56. The van der Waals surface area contributed by atoms with E-state index in [-0.39, 0.29) is 18.8 Å². The molecule has 7 heteroatoms. The first-order valence-electron chi connectivity index (χ1n) is 8.80. The van der Waals surface area contributed by atoms with Crippen molar-refractivity contribution in [2.45, 2.75) is 65.5 Å². The number of amides is 1. The number of hydrogen-bond acceptors (Lipinski definition) is 3. The molecule has 0 aromatic heterocycles. The molecule has 1 unspecified atom stereocenters. The molecule has 0 saturated carbocycles. The van der Waals surface area contributed by atoms with E-state index in [4.69, 9.17) is 9.47 Å². The number of nitrogens with zero attached hydrogens (tertiary/aromatic N) is 1. The van der Waals surface area contributed by atoms with Crippen LogP contribution in [-0.2, 0) is 22.3 Å². The minimum Gasteiger partial charge on any atom is -0.444 e. The molecule has 4 nitrogen and oxygen atoms in total. The van der Waals surface area contributed by atoms with Crippen molar-refractivity contribution >= 4 is 6.09 Å². The molecule has 1 aromatic carbocycles. The maximum absolute atomic E-state index is 12.5. The Hall–Kier alpha value is -1.76. The fourth-order valence-electron chi connectivity index (χ4n) is 2.36. The number of likely N-dealkylation sites (tertiary alicyclic amines) is 1. The van der Waals surface area contributed by atoms with Gasteiger partial charge in [0.15, 0.2) is 0 Å². The van der Waals surface area contributed by atoms with E-state index in [0.717, 1.165) is 12.1 Å². The quantitative estimate of drug-likeness (QED) is 0.724. The number of rotatable bonds is 3. The van der Waals surface area contributed by atoms with Gasteiger partial charge in [-0.2, -0.15) is 13.2 Å². The van der Waals surface area contributed by atoms with E-state index in [1.165, 1.54) is 12.1 Å². The van der Waals surface area contributed by atoms with Crippen molar-refractivity contribution in [3.63, 3.8) is 0 Å². The Morgan fingerprint density at radius 1 is 1.15 bits per heavy atom. The van der Waals surface area contributed by atoms with Gasteiger partial charge in [-0.05, 0) is 44.9 Å². The Morgan fingerprint density at radius 3 is 2.23 bits per heavy atom. The van der Waals surface area contributed by atoms with Crippen LogP contribution in [0.15, 0.2) is 24.3 Å². The highest BCUT2D eigenvalue weighted by atomic mass is 19.4. The van der Waals surface area contributed by atoms with Crippen LogP contribution in [0, 0.1) is 0 Å². The molecule has 2 rings (SSSR count). The van der Waals surface area contributed by atoms with Crippen molar-refractivity contribution in [1.29, 1.82) is 0 Å². The summed E-state index contributed by atoms with van der Waals surface area (Å²) in [6.07, 6.45) is -4.17. The third-order valence-electron chi connectivity index (χ3n) is 3.56. The minimum atomic E-state index is -4.33. The highest BCUT2D eigenvalue weighted by Crippen LogP contribution is 2.29. The van der Waals surface area contributed by atoms with Gasteiger partial charge in [0.1, 0.15) is 5.60 Å². The van der Waals surface area contributed by atoms with Crippen molar-refractivity contribution in [2.24, 2.45) is 0 Å². The molecule has 1 saturated heterocycles. The highest BCUT2D eigenvalue weighted by molar-refractivity contribution is 5.68. The SMILES string of the molecule is CC.CC(C)(C)OC(=O)N1CCC(OCc2ccc(C(F)(F)F)cc2)C1. The first-order chi connectivity index (χ1) is 12.0. The van der Waals surface area contributed by atoms with Gasteiger partial charge in [0.05, 0.1) is 24.8 Å². The molecule has 1 fully saturated rings. The molecular formula is C19H28F3NO3. The van der Waals surface area contributed by atoms with Gasteiger partial charge >= 0.3 is 12.3 Å². The predicted octanol–water partition coefficient (Wildman–Crippen LogP) is 5.26. The molecule has 1 amide bonds. The second kappa shape index (κ2) is 9.26. The van der Waals surface area contributed by atoms with Crippen LogP contribution < -0.4 is 0 Å². The smallest absolute Gasteiger partial charge is 0.416 e. The summed E-state index contributed by atoms with van der Waals surface area (Å²) in [7, 11) is 0. The minimum absolute atomic E-state index is 0.139. The standard InChI is InChI=1S/C17H22F3NO3.C2H6/c1-16(2,3)24-15(22)21-9-8-14(10-21)23-11-12-4-6-13(7-5-12)17(18,19)20;1-2/h4-7,14H,8-11H2,1-3H3;1-2H3. The number of carbonyl (C=O) groups is 1. The summed E-state index contributed by atoms with van der Waals surface area (Å²) in [5, 5.41) is 0. The summed E-state index contributed by atoms with van der Waals surface area (Å²) in [6.45, 7) is 10.6. The van der Waals surface area contributed by atoms with Gasteiger partial charge in [-0.1, -0.05) is 26.0 Å². The molecular weight excluding hydrogens is 347 g/mol. The lowest BCUT2D eigenvalue weighted by Gasteiger charge is -2.24. The number of halogens is 3. The monoisotopic (exact) mass is 375 g/mol. The molecule has 0 radical (unpaired) electrons. The van der Waals surface area contributed by atoms with Crippen LogP contribution in [0.4, 0.5) is 18.0 Å². The van der Waals surface area contributed by atoms with Crippen molar-refractivity contribution in [3.8, 4) is 0 Å². The van der Waals surface area contributed by atoms with Crippen molar-refractivity contribution in [3.05, 3.63) is 35.4 Å². The number of ether oxygens (including phenoxy) is 2. The predicted molar refractivity (Wildman–Crippen MR) is 93.8 cm³/mol. The first kappa shape index (κ1) is 22.3. The lowest BCUT2D eigenvalue weighted by molar-refractivity contribution is -0.137. The molecule has 1 aliphatic rings. The maximum atomic E-state index is 12.5. The van der Waals surface area contributed by atoms with E-state index in [0.29, 0.717) is 25.1 Å². The van der Waals surface area contributed by atoms with E-state index in [1.807, 2.05) is 13.8 Å². The van der Waals surface area contributed by atoms with Gasteiger partial charge < -0.3 is 14.4 Å². The summed E-state index contributed by atoms with van der Waals surface area (Å²) >= 11 is 0. The zero-order valence-electron chi connectivity index (χ0n) is 16.0. The summed E-state index contributed by atoms with van der Waals surface area (Å²) < 4.78 is 48.5. The number of benzene rings is 1. The van der Waals surface area contributed by atoms with Gasteiger partial charge in [0.25, 0.3) is 0 Å². The lowest BCUT2D eigenvalue weighted by atomic mass is 10.1. The summed E-state index contributed by atoms with van der Waals surface area (Å²) in [5.74, 6) is 0. The van der Waals surface area contributed by atoms with Crippen LogP contribution in [0.1, 0.15) is 52.2 Å². The van der Waals surface area contributed by atoms with Crippen LogP contribution in [0.2, 0.25) is 0 Å². The van der Waals surface area contributed by atoms with Crippen LogP contribution >= 0.6 is 0 Å². The molecule has 26 heavy (non-hydrogen) atoms. The normalized spacial score (nSPS) is 17.5. The molecule has 1 atom stereocenters. The van der Waals surface area contributed by atoms with Gasteiger partial charge in [-0.25, -0.2) is 4.79 Å². The first-order valence-corrected chi connectivity index (χ1v) is 8.80. The average Bonchev–Trinajstić information content (AvgIpc) is 3.02.